The van der Waals surface area contributed by atoms with Crippen LogP contribution in [0.5, 0.6) is 0 Å². The van der Waals surface area contributed by atoms with Gasteiger partial charge >= 0.3 is 0 Å². The second kappa shape index (κ2) is 8.10. The summed E-state index contributed by atoms with van der Waals surface area (Å²) in [6.45, 7) is 5.84. The third kappa shape index (κ3) is 3.91. The van der Waals surface area contributed by atoms with Crippen LogP contribution >= 0.6 is 12.2 Å². The molecular formula is C20H22N4OS. The van der Waals surface area contributed by atoms with Gasteiger partial charge in [0.05, 0.1) is 10.9 Å². The summed E-state index contributed by atoms with van der Waals surface area (Å²) in [6.07, 6.45) is 0. The number of nitrogens with one attached hydrogen (secondary N) is 1. The molecule has 0 fully saturated rings. The van der Waals surface area contributed by atoms with Crippen LogP contribution in [0.25, 0.3) is 10.9 Å². The highest BCUT2D eigenvalue weighted by Crippen LogP contribution is 2.09. The van der Waals surface area contributed by atoms with Crippen LogP contribution in [0.1, 0.15) is 12.7 Å². The maximum absolute atomic E-state index is 12.8. The number of para-hydroxylation sites is 2. The van der Waals surface area contributed by atoms with E-state index in [0.29, 0.717) is 29.4 Å². The molecule has 0 spiro atoms. The quantitative estimate of drug-likeness (QED) is 0.701. The standard InChI is InChI=1S/C20H22N4OS/c1-3-23(20(26)22-16-9-5-4-6-10-16)13-14-24-15(2)21-18-12-8-7-11-17(18)19(24)25/h4-12H,3,13-14H2,1-2H3,(H,22,26). The third-order valence-corrected chi connectivity index (χ3v) is 4.70. The second-order valence-electron chi connectivity index (χ2n) is 6.01. The lowest BCUT2D eigenvalue weighted by atomic mass is 10.2. The van der Waals surface area contributed by atoms with Crippen LogP contribution in [0.2, 0.25) is 0 Å². The summed E-state index contributed by atoms with van der Waals surface area (Å²) in [4.78, 5) is 19.4. The molecule has 3 rings (SSSR count). The van der Waals surface area contributed by atoms with Gasteiger partial charge in [0.1, 0.15) is 5.82 Å². The molecule has 0 aliphatic carbocycles. The maximum atomic E-state index is 12.8. The summed E-state index contributed by atoms with van der Waals surface area (Å²) in [6, 6.07) is 17.3. The first-order valence-corrected chi connectivity index (χ1v) is 9.08. The Bertz CT molecular complexity index is 968. The number of hydrogen-bond acceptors (Lipinski definition) is 3. The van der Waals surface area contributed by atoms with E-state index in [-0.39, 0.29) is 5.56 Å². The van der Waals surface area contributed by atoms with Crippen LogP contribution < -0.4 is 10.9 Å². The Morgan fingerprint density at radius 1 is 1.15 bits per heavy atom. The number of rotatable bonds is 5. The number of thiocarbonyl (C=S) groups is 1. The Balaban J connectivity index is 1.75. The number of hydrogen-bond donors (Lipinski definition) is 1. The van der Waals surface area contributed by atoms with Gasteiger partial charge in [0.25, 0.3) is 5.56 Å². The van der Waals surface area contributed by atoms with E-state index >= 15 is 0 Å². The summed E-state index contributed by atoms with van der Waals surface area (Å²) in [5, 5.41) is 4.54. The van der Waals surface area contributed by atoms with E-state index in [9.17, 15) is 4.79 Å². The molecule has 0 atom stereocenters. The van der Waals surface area contributed by atoms with Crippen molar-refractivity contribution in [3.63, 3.8) is 0 Å². The highest BCUT2D eigenvalue weighted by Gasteiger charge is 2.11. The van der Waals surface area contributed by atoms with Crippen LogP contribution in [0.15, 0.2) is 59.4 Å². The van der Waals surface area contributed by atoms with Gasteiger partial charge < -0.3 is 10.2 Å². The summed E-state index contributed by atoms with van der Waals surface area (Å²) in [5.74, 6) is 0.715. The fourth-order valence-corrected chi connectivity index (χ4v) is 3.23. The lowest BCUT2D eigenvalue weighted by molar-refractivity contribution is 0.410. The monoisotopic (exact) mass is 366 g/mol. The number of likely N-dealkylation sites (N-methyl/N-ethyl adjacent to an activating group) is 1. The first kappa shape index (κ1) is 18.1. The Kier molecular flexibility index (Phi) is 5.63. The Morgan fingerprint density at radius 3 is 2.58 bits per heavy atom. The van der Waals surface area contributed by atoms with E-state index in [1.54, 1.807) is 4.57 Å². The molecule has 0 unspecified atom stereocenters. The number of nitrogens with zero attached hydrogens (tertiary/aromatic N) is 3. The van der Waals surface area contributed by atoms with Crippen molar-refractivity contribution < 1.29 is 0 Å². The van der Waals surface area contributed by atoms with Crippen molar-refractivity contribution in [3.8, 4) is 0 Å². The zero-order valence-electron chi connectivity index (χ0n) is 15.0. The molecule has 0 amide bonds. The van der Waals surface area contributed by atoms with Gasteiger partial charge in [-0.1, -0.05) is 30.3 Å². The Morgan fingerprint density at radius 2 is 1.85 bits per heavy atom. The third-order valence-electron chi connectivity index (χ3n) is 4.34. The van der Waals surface area contributed by atoms with Gasteiger partial charge in [-0.25, -0.2) is 4.98 Å². The smallest absolute Gasteiger partial charge is 0.261 e. The average molecular weight is 366 g/mol. The fraction of sp³-hybridized carbons (Fsp3) is 0.250. The molecule has 0 aliphatic rings. The summed E-state index contributed by atoms with van der Waals surface area (Å²) < 4.78 is 1.72. The minimum Gasteiger partial charge on any atom is -0.348 e. The highest BCUT2D eigenvalue weighted by molar-refractivity contribution is 7.80. The summed E-state index contributed by atoms with van der Waals surface area (Å²) in [7, 11) is 0. The molecule has 134 valence electrons. The molecule has 0 aliphatic heterocycles. The van der Waals surface area contributed by atoms with Crippen molar-refractivity contribution >= 4 is 33.9 Å². The molecule has 0 saturated heterocycles. The largest absolute Gasteiger partial charge is 0.348 e. The predicted octanol–water partition coefficient (Wildman–Crippen LogP) is 3.42. The SMILES string of the molecule is CCN(CCn1c(C)nc2ccccc2c1=O)C(=S)Nc1ccccc1. The molecule has 0 radical (unpaired) electrons. The fourth-order valence-electron chi connectivity index (χ4n) is 2.89. The predicted molar refractivity (Wildman–Crippen MR) is 111 cm³/mol. The molecule has 1 N–H and O–H groups in total. The first-order valence-electron chi connectivity index (χ1n) is 8.67. The van der Waals surface area contributed by atoms with Crippen molar-refractivity contribution in [1.82, 2.24) is 14.5 Å². The van der Waals surface area contributed by atoms with Crippen molar-refractivity contribution in [2.75, 3.05) is 18.4 Å². The zero-order chi connectivity index (χ0) is 18.5. The molecule has 2 aromatic carbocycles. The number of benzene rings is 2. The topological polar surface area (TPSA) is 50.2 Å². The van der Waals surface area contributed by atoms with E-state index in [1.165, 1.54) is 0 Å². The molecule has 6 heteroatoms. The zero-order valence-corrected chi connectivity index (χ0v) is 15.8. The molecule has 1 aromatic heterocycles. The minimum absolute atomic E-state index is 0.00825. The van der Waals surface area contributed by atoms with E-state index in [0.717, 1.165) is 17.7 Å². The molecule has 0 bridgehead atoms. The Hall–Kier alpha value is -2.73. The molecule has 26 heavy (non-hydrogen) atoms. The Labute approximate surface area is 158 Å². The molecule has 0 saturated carbocycles. The van der Waals surface area contributed by atoms with Crippen LogP contribution in [0.4, 0.5) is 5.69 Å². The van der Waals surface area contributed by atoms with Crippen molar-refractivity contribution in [2.24, 2.45) is 0 Å². The van der Waals surface area contributed by atoms with Crippen molar-refractivity contribution in [2.45, 2.75) is 20.4 Å². The van der Waals surface area contributed by atoms with Crippen LogP contribution in [-0.2, 0) is 6.54 Å². The van der Waals surface area contributed by atoms with Gasteiger partial charge in [0, 0.05) is 25.3 Å². The summed E-state index contributed by atoms with van der Waals surface area (Å²) >= 11 is 5.53. The molecule has 3 aromatic rings. The van der Waals surface area contributed by atoms with Crippen molar-refractivity contribution in [1.29, 1.82) is 0 Å². The van der Waals surface area contributed by atoms with Gasteiger partial charge in [0.15, 0.2) is 5.11 Å². The molecule has 1 heterocycles. The van der Waals surface area contributed by atoms with Gasteiger partial charge in [-0.2, -0.15) is 0 Å². The van der Waals surface area contributed by atoms with Crippen molar-refractivity contribution in [3.05, 3.63) is 70.8 Å². The number of aromatic nitrogens is 2. The average Bonchev–Trinajstić information content (AvgIpc) is 2.65. The first-order chi connectivity index (χ1) is 12.6. The van der Waals surface area contributed by atoms with E-state index < -0.39 is 0 Å². The maximum Gasteiger partial charge on any atom is 0.261 e. The molecule has 5 nitrogen and oxygen atoms in total. The second-order valence-corrected chi connectivity index (χ2v) is 6.40. The van der Waals surface area contributed by atoms with Gasteiger partial charge in [-0.15, -0.1) is 0 Å². The number of aryl methyl sites for hydroxylation is 1. The van der Waals surface area contributed by atoms with Gasteiger partial charge in [0.2, 0.25) is 0 Å². The molecular weight excluding hydrogens is 344 g/mol. The lowest BCUT2D eigenvalue weighted by Crippen LogP contribution is -2.38. The van der Waals surface area contributed by atoms with Crippen LogP contribution in [0.3, 0.4) is 0 Å². The van der Waals surface area contributed by atoms with Gasteiger partial charge in [-0.3, -0.25) is 9.36 Å². The number of anilines is 1. The van der Waals surface area contributed by atoms with Crippen LogP contribution in [0, 0.1) is 6.92 Å². The van der Waals surface area contributed by atoms with E-state index in [2.05, 4.69) is 10.3 Å². The highest BCUT2D eigenvalue weighted by atomic mass is 32.1. The van der Waals surface area contributed by atoms with E-state index in [4.69, 9.17) is 12.2 Å². The summed E-state index contributed by atoms with van der Waals surface area (Å²) in [5.41, 5.74) is 1.68. The van der Waals surface area contributed by atoms with Gasteiger partial charge in [-0.05, 0) is 50.3 Å². The van der Waals surface area contributed by atoms with Crippen LogP contribution in [-0.4, -0.2) is 32.7 Å². The normalized spacial score (nSPS) is 10.7. The number of fused-ring (bicyclic) bond motifs is 1. The lowest BCUT2D eigenvalue weighted by Gasteiger charge is -2.25. The minimum atomic E-state index is -0.00825. The van der Waals surface area contributed by atoms with E-state index in [1.807, 2.05) is 73.3 Å².